The molecule has 9 aromatic carbocycles. The average molecular weight is 757 g/mol. The Labute approximate surface area is 340 Å². The number of benzene rings is 9. The van der Waals surface area contributed by atoms with Gasteiger partial charge in [-0.3, -0.25) is 4.98 Å². The molecule has 0 saturated heterocycles. The molecule has 0 radical (unpaired) electrons. The van der Waals surface area contributed by atoms with E-state index in [4.69, 9.17) is 9.97 Å². The van der Waals surface area contributed by atoms with Crippen molar-refractivity contribution in [2.45, 2.75) is 19.3 Å². The molecule has 0 aliphatic heterocycles. The van der Waals surface area contributed by atoms with E-state index >= 15 is 0 Å². The summed E-state index contributed by atoms with van der Waals surface area (Å²) in [6.07, 6.45) is 1.93. The van der Waals surface area contributed by atoms with E-state index in [1.165, 1.54) is 86.6 Å². The molecule has 3 heteroatoms. The second-order valence-electron chi connectivity index (χ2n) is 16.1. The minimum Gasteiger partial charge on any atom is -0.252 e. The lowest BCUT2D eigenvalue weighted by atomic mass is 9.80. The van der Waals surface area contributed by atoms with E-state index in [1.54, 1.807) is 0 Å². The number of nitrogens with zero attached hydrogens (tertiary/aromatic N) is 2. The number of hydrogen-bond acceptors (Lipinski definition) is 3. The minimum atomic E-state index is -0.164. The zero-order valence-electron chi connectivity index (χ0n) is 32.1. The third kappa shape index (κ3) is 4.97. The first-order valence-electron chi connectivity index (χ1n) is 20.0. The standard InChI is InChI=1S/C55H36N2S/c1-55(2)48-30-35(33-12-9-14-37(28-33)39-21-11-22-47-44-18-7-8-23-51(44)58-54(39)47)24-26-42(48)43-27-25-36(31-49(43)55)34-13-10-15-38(29-34)50-32-56-52-45-19-5-3-16-40(45)41-17-4-6-20-46(41)53(52)57-50/h3-32H,1-2H3. The van der Waals surface area contributed by atoms with Crippen LogP contribution in [-0.2, 0) is 5.41 Å². The van der Waals surface area contributed by atoms with Gasteiger partial charge < -0.3 is 0 Å². The van der Waals surface area contributed by atoms with Crippen molar-refractivity contribution in [3.63, 3.8) is 0 Å². The summed E-state index contributed by atoms with van der Waals surface area (Å²) in [6, 6.07) is 64.4. The molecule has 0 amide bonds. The van der Waals surface area contributed by atoms with Crippen molar-refractivity contribution in [3.05, 3.63) is 193 Å². The van der Waals surface area contributed by atoms with E-state index < -0.39 is 0 Å². The van der Waals surface area contributed by atoms with Crippen LogP contribution in [0.1, 0.15) is 25.0 Å². The second-order valence-corrected chi connectivity index (χ2v) is 17.2. The van der Waals surface area contributed by atoms with Crippen LogP contribution in [0, 0.1) is 0 Å². The first-order chi connectivity index (χ1) is 28.5. The third-order valence-corrected chi connectivity index (χ3v) is 13.7. The van der Waals surface area contributed by atoms with Crippen LogP contribution in [0.3, 0.4) is 0 Å². The van der Waals surface area contributed by atoms with Crippen molar-refractivity contribution in [1.82, 2.24) is 9.97 Å². The summed E-state index contributed by atoms with van der Waals surface area (Å²) in [4.78, 5) is 10.3. The Hall–Kier alpha value is -6.94. The fraction of sp³-hybridized carbons (Fsp3) is 0.0545. The lowest BCUT2D eigenvalue weighted by molar-refractivity contribution is 0.661. The van der Waals surface area contributed by atoms with Crippen LogP contribution in [-0.4, -0.2) is 9.97 Å². The molecule has 0 fully saturated rings. The van der Waals surface area contributed by atoms with Crippen LogP contribution in [0.15, 0.2) is 182 Å². The van der Waals surface area contributed by atoms with Gasteiger partial charge in [0.1, 0.15) is 0 Å². The van der Waals surface area contributed by atoms with Crippen molar-refractivity contribution in [2.75, 3.05) is 0 Å². The van der Waals surface area contributed by atoms with Crippen LogP contribution in [0.5, 0.6) is 0 Å². The van der Waals surface area contributed by atoms with Gasteiger partial charge in [0.05, 0.1) is 22.9 Å². The zero-order chi connectivity index (χ0) is 38.5. The molecule has 0 spiro atoms. The van der Waals surface area contributed by atoms with E-state index in [-0.39, 0.29) is 5.41 Å². The van der Waals surface area contributed by atoms with Crippen molar-refractivity contribution >= 4 is 64.1 Å². The molecule has 2 nitrogen and oxygen atoms in total. The van der Waals surface area contributed by atoms with Gasteiger partial charge in [0.15, 0.2) is 0 Å². The van der Waals surface area contributed by atoms with Gasteiger partial charge in [-0.1, -0.05) is 159 Å². The van der Waals surface area contributed by atoms with Gasteiger partial charge in [-0.25, -0.2) is 4.98 Å². The Bertz CT molecular complexity index is 3460. The van der Waals surface area contributed by atoms with Crippen LogP contribution in [0.25, 0.3) is 109 Å². The molecule has 11 aromatic rings. The van der Waals surface area contributed by atoms with Crippen molar-refractivity contribution in [2.24, 2.45) is 0 Å². The lowest BCUT2D eigenvalue weighted by Gasteiger charge is -2.23. The molecule has 1 aliphatic rings. The number of rotatable bonds is 4. The molecule has 2 heterocycles. The van der Waals surface area contributed by atoms with Gasteiger partial charge in [-0.2, -0.15) is 0 Å². The van der Waals surface area contributed by atoms with E-state index in [9.17, 15) is 0 Å². The van der Waals surface area contributed by atoms with Crippen LogP contribution in [0.2, 0.25) is 0 Å². The van der Waals surface area contributed by atoms with Crippen molar-refractivity contribution in [1.29, 1.82) is 0 Å². The predicted octanol–water partition coefficient (Wildman–Crippen LogP) is 15.3. The Morgan fingerprint density at radius 2 is 0.914 bits per heavy atom. The Morgan fingerprint density at radius 3 is 1.60 bits per heavy atom. The fourth-order valence-electron chi connectivity index (χ4n) is 9.56. The first-order valence-corrected chi connectivity index (χ1v) is 20.8. The molecule has 0 bridgehead atoms. The highest BCUT2D eigenvalue weighted by atomic mass is 32.1. The maximum absolute atomic E-state index is 5.28. The topological polar surface area (TPSA) is 25.8 Å². The second kappa shape index (κ2) is 12.5. The molecule has 58 heavy (non-hydrogen) atoms. The molecule has 1 aliphatic carbocycles. The highest BCUT2D eigenvalue weighted by Crippen LogP contribution is 2.51. The maximum atomic E-state index is 5.28. The van der Waals surface area contributed by atoms with Crippen LogP contribution >= 0.6 is 11.3 Å². The van der Waals surface area contributed by atoms with Gasteiger partial charge in [0.2, 0.25) is 0 Å². The molecule has 0 saturated carbocycles. The minimum absolute atomic E-state index is 0.164. The normalized spacial score (nSPS) is 13.1. The van der Waals surface area contributed by atoms with Crippen LogP contribution < -0.4 is 0 Å². The smallest absolute Gasteiger partial charge is 0.0979 e. The Balaban J connectivity index is 0.895. The van der Waals surface area contributed by atoms with Gasteiger partial charge in [-0.15, -0.1) is 11.3 Å². The lowest BCUT2D eigenvalue weighted by Crippen LogP contribution is -2.15. The number of thiophene rings is 1. The molecule has 272 valence electrons. The van der Waals surface area contributed by atoms with Crippen molar-refractivity contribution < 1.29 is 0 Å². The largest absolute Gasteiger partial charge is 0.252 e. The third-order valence-electron chi connectivity index (χ3n) is 12.5. The Morgan fingerprint density at radius 1 is 0.397 bits per heavy atom. The first kappa shape index (κ1) is 33.2. The van der Waals surface area contributed by atoms with E-state index in [1.807, 2.05) is 17.5 Å². The SMILES string of the molecule is CC1(C)c2cc(-c3cccc(-c4cnc5c6ccccc6c6ccccc6c5n4)c3)ccc2-c2ccc(-c3cccc(-c4cccc5c4sc4ccccc45)c3)cc21. The van der Waals surface area contributed by atoms with Gasteiger partial charge in [0.25, 0.3) is 0 Å². The van der Waals surface area contributed by atoms with E-state index in [0.29, 0.717) is 0 Å². The summed E-state index contributed by atoms with van der Waals surface area (Å²) in [6.45, 7) is 4.75. The van der Waals surface area contributed by atoms with E-state index in [2.05, 4.69) is 190 Å². The summed E-state index contributed by atoms with van der Waals surface area (Å²) < 4.78 is 2.68. The van der Waals surface area contributed by atoms with Gasteiger partial charge in [-0.05, 0) is 96.7 Å². The molecule has 2 aromatic heterocycles. The zero-order valence-corrected chi connectivity index (χ0v) is 32.9. The molecule has 0 unspecified atom stereocenters. The summed E-state index contributed by atoms with van der Waals surface area (Å²) in [5, 5.41) is 7.33. The van der Waals surface area contributed by atoms with Gasteiger partial charge in [0, 0.05) is 41.9 Å². The van der Waals surface area contributed by atoms with E-state index in [0.717, 1.165) is 33.1 Å². The predicted molar refractivity (Wildman–Crippen MR) is 247 cm³/mol. The molecule has 12 rings (SSSR count). The Kier molecular flexibility index (Phi) is 7.18. The summed E-state index contributed by atoms with van der Waals surface area (Å²) in [7, 11) is 0. The fourth-order valence-corrected chi connectivity index (χ4v) is 10.8. The molecular formula is C55H36N2S. The summed E-state index contributed by atoms with van der Waals surface area (Å²) >= 11 is 1.89. The average Bonchev–Trinajstić information content (AvgIpc) is 3.78. The quantitative estimate of drug-likeness (QED) is 0.167. The summed E-state index contributed by atoms with van der Waals surface area (Å²) in [5.74, 6) is 0. The highest BCUT2D eigenvalue weighted by molar-refractivity contribution is 7.26. The maximum Gasteiger partial charge on any atom is 0.0979 e. The number of hydrogen-bond donors (Lipinski definition) is 0. The monoisotopic (exact) mass is 756 g/mol. The molecule has 0 atom stereocenters. The highest BCUT2D eigenvalue weighted by Gasteiger charge is 2.36. The van der Waals surface area contributed by atoms with Crippen LogP contribution in [0.4, 0.5) is 0 Å². The van der Waals surface area contributed by atoms with Crippen molar-refractivity contribution in [3.8, 4) is 55.8 Å². The number of aromatic nitrogens is 2. The van der Waals surface area contributed by atoms with Gasteiger partial charge >= 0.3 is 0 Å². The molecular weight excluding hydrogens is 721 g/mol. The summed E-state index contributed by atoms with van der Waals surface area (Å²) in [5.41, 5.74) is 16.4. The molecule has 0 N–H and O–H groups in total. The number of fused-ring (bicyclic) bond motifs is 12.